The van der Waals surface area contributed by atoms with E-state index in [0.29, 0.717) is 5.92 Å². The summed E-state index contributed by atoms with van der Waals surface area (Å²) in [7, 11) is -1.82. The molecule has 2 rings (SSSR count). The minimum Gasteiger partial charge on any atom is -0.381 e. The molecule has 7 heteroatoms. The van der Waals surface area contributed by atoms with Crippen LogP contribution in [0.4, 0.5) is 0 Å². The van der Waals surface area contributed by atoms with Crippen LogP contribution in [0.1, 0.15) is 30.8 Å². The average molecular weight is 290 g/mol. The predicted octanol–water partition coefficient (Wildman–Crippen LogP) is 1.55. The van der Waals surface area contributed by atoms with Gasteiger partial charge in [0, 0.05) is 18.7 Å². The third-order valence-electron chi connectivity index (χ3n) is 2.97. The molecule has 1 aromatic heterocycles. The van der Waals surface area contributed by atoms with Crippen LogP contribution in [0.3, 0.4) is 0 Å². The van der Waals surface area contributed by atoms with Gasteiger partial charge in [-0.25, -0.2) is 18.1 Å². The molecule has 18 heavy (non-hydrogen) atoms. The lowest BCUT2D eigenvalue weighted by Crippen LogP contribution is -2.35. The number of ether oxygens (including phenoxy) is 1. The van der Waals surface area contributed by atoms with Crippen LogP contribution in [0, 0.1) is 5.92 Å². The minimum absolute atomic E-state index is 0.0158. The van der Waals surface area contributed by atoms with E-state index in [0.717, 1.165) is 17.8 Å². The van der Waals surface area contributed by atoms with Crippen LogP contribution >= 0.6 is 11.3 Å². The lowest BCUT2D eigenvalue weighted by atomic mass is 10.2. The Labute approximate surface area is 112 Å². The van der Waals surface area contributed by atoms with Gasteiger partial charge in [-0.05, 0) is 25.7 Å². The lowest BCUT2D eigenvalue weighted by Gasteiger charge is -2.17. The highest BCUT2D eigenvalue weighted by molar-refractivity contribution is 7.89. The zero-order chi connectivity index (χ0) is 13.2. The van der Waals surface area contributed by atoms with E-state index in [1.54, 1.807) is 13.1 Å². The van der Waals surface area contributed by atoms with Gasteiger partial charge < -0.3 is 4.74 Å². The average Bonchev–Trinajstić information content (AvgIpc) is 3.00. The normalized spacial score (nSPS) is 19.7. The first kappa shape index (κ1) is 13.9. The first-order valence-corrected chi connectivity index (χ1v) is 8.47. The fourth-order valence-electron chi connectivity index (χ4n) is 1.78. The Bertz CT molecular complexity index is 468. The van der Waals surface area contributed by atoms with Gasteiger partial charge in [-0.3, -0.25) is 0 Å². The van der Waals surface area contributed by atoms with Crippen molar-refractivity contribution < 1.29 is 13.2 Å². The maximum Gasteiger partial charge on any atom is 0.214 e. The number of methoxy groups -OCH3 is 1. The molecular formula is C11H18N2O3S2. The molecule has 0 radical (unpaired) electrons. The summed E-state index contributed by atoms with van der Waals surface area (Å²) in [4.78, 5) is 4.22. The molecule has 1 fully saturated rings. The number of aromatic nitrogens is 1. The van der Waals surface area contributed by atoms with E-state index in [4.69, 9.17) is 4.74 Å². The summed E-state index contributed by atoms with van der Waals surface area (Å²) in [6.07, 6.45) is 3.53. The molecule has 0 unspecified atom stereocenters. The summed E-state index contributed by atoms with van der Waals surface area (Å²) in [6.45, 7) is 1.74. The van der Waals surface area contributed by atoms with Gasteiger partial charge in [0.15, 0.2) is 0 Å². The third-order valence-corrected chi connectivity index (χ3v) is 5.35. The van der Waals surface area contributed by atoms with Crippen molar-refractivity contribution in [2.75, 3.05) is 12.9 Å². The lowest BCUT2D eigenvalue weighted by molar-refractivity contribution is 0.136. The summed E-state index contributed by atoms with van der Waals surface area (Å²) in [6, 6.07) is -0.168. The van der Waals surface area contributed by atoms with Crippen LogP contribution in [0.5, 0.6) is 0 Å². The van der Waals surface area contributed by atoms with Crippen molar-refractivity contribution in [2.24, 2.45) is 5.92 Å². The monoisotopic (exact) mass is 290 g/mol. The molecule has 0 aromatic carbocycles. The minimum atomic E-state index is -3.33. The second-order valence-electron chi connectivity index (χ2n) is 4.63. The van der Waals surface area contributed by atoms with Crippen LogP contribution in [-0.4, -0.2) is 32.4 Å². The highest BCUT2D eigenvalue weighted by Crippen LogP contribution is 2.41. The van der Waals surface area contributed by atoms with Gasteiger partial charge in [0.05, 0.1) is 17.9 Å². The van der Waals surface area contributed by atoms with E-state index in [-0.39, 0.29) is 17.9 Å². The van der Waals surface area contributed by atoms with Crippen LogP contribution in [-0.2, 0) is 14.8 Å². The van der Waals surface area contributed by atoms with Crippen molar-refractivity contribution in [3.63, 3.8) is 0 Å². The van der Waals surface area contributed by atoms with E-state index < -0.39 is 10.0 Å². The van der Waals surface area contributed by atoms with Crippen molar-refractivity contribution in [3.8, 4) is 0 Å². The fourth-order valence-corrected chi connectivity index (χ4v) is 4.18. The topological polar surface area (TPSA) is 68.3 Å². The maximum atomic E-state index is 12.0. The molecule has 0 aliphatic heterocycles. The maximum absolute atomic E-state index is 12.0. The number of hydrogen-bond acceptors (Lipinski definition) is 5. The fraction of sp³-hybridized carbons (Fsp3) is 0.727. The predicted molar refractivity (Wildman–Crippen MR) is 71.0 cm³/mol. The van der Waals surface area contributed by atoms with Crippen LogP contribution in [0.2, 0.25) is 0 Å². The van der Waals surface area contributed by atoms with Gasteiger partial charge in [0.25, 0.3) is 0 Å². The number of nitrogens with zero attached hydrogens (tertiary/aromatic N) is 1. The molecule has 1 heterocycles. The Balaban J connectivity index is 2.05. The van der Waals surface area contributed by atoms with Crippen LogP contribution in [0.15, 0.2) is 11.6 Å². The molecule has 102 valence electrons. The molecule has 1 aliphatic rings. The van der Waals surface area contributed by atoms with Crippen LogP contribution in [0.25, 0.3) is 0 Å². The standard InChI is InChI=1S/C11H18N2O3S2/c1-8(16-2)7-18(14,15)13-10(9-3-4-9)11-12-5-6-17-11/h5-6,8-10,13H,3-4,7H2,1-2H3/t8-,10+/m0/s1. The van der Waals surface area contributed by atoms with Gasteiger partial charge >= 0.3 is 0 Å². The molecule has 1 saturated carbocycles. The molecule has 0 spiro atoms. The zero-order valence-electron chi connectivity index (χ0n) is 10.5. The second kappa shape index (κ2) is 5.64. The van der Waals surface area contributed by atoms with Gasteiger partial charge in [0.2, 0.25) is 10.0 Å². The number of sulfonamides is 1. The molecule has 1 N–H and O–H groups in total. The number of nitrogens with one attached hydrogen (secondary N) is 1. The third kappa shape index (κ3) is 3.74. The molecule has 1 aromatic rings. The van der Waals surface area contributed by atoms with Crippen molar-refractivity contribution in [1.82, 2.24) is 9.71 Å². The number of thiazole rings is 1. The Hall–Kier alpha value is -0.500. The van der Waals surface area contributed by atoms with Crippen LogP contribution < -0.4 is 4.72 Å². The summed E-state index contributed by atoms with van der Waals surface area (Å²) in [5.41, 5.74) is 0. The summed E-state index contributed by atoms with van der Waals surface area (Å²) >= 11 is 1.50. The molecule has 5 nitrogen and oxygen atoms in total. The largest absolute Gasteiger partial charge is 0.381 e. The van der Waals surface area contributed by atoms with Gasteiger partial charge in [-0.15, -0.1) is 11.3 Å². The van der Waals surface area contributed by atoms with E-state index in [2.05, 4.69) is 9.71 Å². The molecule has 0 amide bonds. The number of rotatable bonds is 7. The van der Waals surface area contributed by atoms with Gasteiger partial charge in [-0.2, -0.15) is 0 Å². The highest BCUT2D eigenvalue weighted by atomic mass is 32.2. The Morgan fingerprint density at radius 2 is 2.33 bits per heavy atom. The smallest absolute Gasteiger partial charge is 0.214 e. The summed E-state index contributed by atoms with van der Waals surface area (Å²) in [5.74, 6) is 0.377. The molecule has 0 saturated heterocycles. The Morgan fingerprint density at radius 1 is 1.61 bits per heavy atom. The van der Waals surface area contributed by atoms with Crippen molar-refractivity contribution in [3.05, 3.63) is 16.6 Å². The van der Waals surface area contributed by atoms with Crippen molar-refractivity contribution in [1.29, 1.82) is 0 Å². The van der Waals surface area contributed by atoms with E-state index >= 15 is 0 Å². The summed E-state index contributed by atoms with van der Waals surface area (Å²) < 4.78 is 31.8. The summed E-state index contributed by atoms with van der Waals surface area (Å²) in [5, 5.41) is 2.72. The van der Waals surface area contributed by atoms with Gasteiger partial charge in [0.1, 0.15) is 5.01 Å². The van der Waals surface area contributed by atoms with E-state index in [1.807, 2.05) is 5.38 Å². The SMILES string of the molecule is CO[C@@H](C)CS(=O)(=O)N[C@@H](c1nccs1)C1CC1. The van der Waals surface area contributed by atoms with Crippen molar-refractivity contribution in [2.45, 2.75) is 31.9 Å². The molecule has 0 bridgehead atoms. The molecule has 1 aliphatic carbocycles. The Kier molecular flexibility index (Phi) is 4.37. The molecular weight excluding hydrogens is 272 g/mol. The number of hydrogen-bond donors (Lipinski definition) is 1. The molecule has 2 atom stereocenters. The zero-order valence-corrected chi connectivity index (χ0v) is 12.1. The van der Waals surface area contributed by atoms with E-state index in [9.17, 15) is 8.42 Å². The van der Waals surface area contributed by atoms with Crippen molar-refractivity contribution >= 4 is 21.4 Å². The Morgan fingerprint density at radius 3 is 2.83 bits per heavy atom. The first-order valence-electron chi connectivity index (χ1n) is 5.94. The quantitative estimate of drug-likeness (QED) is 0.827. The highest BCUT2D eigenvalue weighted by Gasteiger charge is 2.36. The van der Waals surface area contributed by atoms with Gasteiger partial charge in [-0.1, -0.05) is 0 Å². The first-order chi connectivity index (χ1) is 8.52. The second-order valence-corrected chi connectivity index (χ2v) is 7.36. The van der Waals surface area contributed by atoms with E-state index in [1.165, 1.54) is 18.4 Å².